The number of benzene rings is 1. The van der Waals surface area contributed by atoms with Crippen molar-refractivity contribution >= 4 is 11.9 Å². The molecule has 5 nitrogen and oxygen atoms in total. The molecule has 0 radical (unpaired) electrons. The van der Waals surface area contributed by atoms with Gasteiger partial charge in [-0.3, -0.25) is 4.79 Å². The lowest BCUT2D eigenvalue weighted by Crippen LogP contribution is -2.47. The van der Waals surface area contributed by atoms with Crippen molar-refractivity contribution in [3.05, 3.63) is 35.4 Å². The Kier molecular flexibility index (Phi) is 5.82. The van der Waals surface area contributed by atoms with Gasteiger partial charge < -0.3 is 14.8 Å². The van der Waals surface area contributed by atoms with Crippen molar-refractivity contribution in [3.8, 4) is 0 Å². The van der Waals surface area contributed by atoms with Crippen molar-refractivity contribution in [2.24, 2.45) is 0 Å². The Balaban J connectivity index is 2.18. The summed E-state index contributed by atoms with van der Waals surface area (Å²) in [7, 11) is 1.11. The molecule has 1 aromatic carbocycles. The number of carbonyl (C=O) groups is 2. The summed E-state index contributed by atoms with van der Waals surface area (Å²) >= 11 is 0. The molecule has 0 aromatic heterocycles. The predicted octanol–water partition coefficient (Wildman–Crippen LogP) is 2.08. The van der Waals surface area contributed by atoms with Gasteiger partial charge in [-0.15, -0.1) is 0 Å². The summed E-state index contributed by atoms with van der Waals surface area (Å²) in [6.45, 7) is 0.442. The van der Waals surface area contributed by atoms with Crippen molar-refractivity contribution in [2.75, 3.05) is 13.7 Å². The molecule has 1 fully saturated rings. The van der Waals surface area contributed by atoms with Crippen LogP contribution in [0.4, 0.5) is 13.2 Å². The van der Waals surface area contributed by atoms with E-state index < -0.39 is 35.8 Å². The smallest absolute Gasteiger partial charge is 0.416 e. The molecule has 0 aliphatic carbocycles. The van der Waals surface area contributed by atoms with Crippen LogP contribution >= 0.6 is 0 Å². The third kappa shape index (κ3) is 4.47. The van der Waals surface area contributed by atoms with E-state index in [1.807, 2.05) is 0 Å². The average molecular weight is 345 g/mol. The molecule has 0 saturated carbocycles. The van der Waals surface area contributed by atoms with Crippen molar-refractivity contribution < 1.29 is 32.2 Å². The number of amides is 1. The van der Waals surface area contributed by atoms with Crippen LogP contribution in [0.25, 0.3) is 0 Å². The molecule has 1 N–H and O–H groups in total. The fourth-order valence-electron chi connectivity index (χ4n) is 2.58. The second-order valence-electron chi connectivity index (χ2n) is 5.45. The quantitative estimate of drug-likeness (QED) is 0.830. The normalized spacial score (nSPS) is 18.9. The van der Waals surface area contributed by atoms with Crippen LogP contribution in [0.5, 0.6) is 0 Å². The standard InChI is InChI=1S/C16H18F3NO4/c1-23-15(22)12(20-14(21)13-7-4-8-24-13)9-10-5-2-3-6-11(10)16(17,18)19/h2-3,5-6,12-13H,4,7-9H2,1H3,(H,20,21)/t12-,13-/m0/s1. The van der Waals surface area contributed by atoms with Gasteiger partial charge in [-0.2, -0.15) is 13.2 Å². The molecule has 1 saturated heterocycles. The summed E-state index contributed by atoms with van der Waals surface area (Å²) in [6, 6.07) is 3.71. The van der Waals surface area contributed by atoms with E-state index in [-0.39, 0.29) is 12.0 Å². The predicted molar refractivity (Wildman–Crippen MR) is 78.1 cm³/mol. The molecule has 1 aliphatic heterocycles. The molecular weight excluding hydrogens is 327 g/mol. The topological polar surface area (TPSA) is 64.6 Å². The Morgan fingerprint density at radius 2 is 2.08 bits per heavy atom. The summed E-state index contributed by atoms with van der Waals surface area (Å²) in [4.78, 5) is 24.0. The first-order valence-corrected chi connectivity index (χ1v) is 7.48. The fraction of sp³-hybridized carbons (Fsp3) is 0.500. The highest BCUT2D eigenvalue weighted by atomic mass is 19.4. The van der Waals surface area contributed by atoms with Crippen molar-refractivity contribution in [1.29, 1.82) is 0 Å². The Morgan fingerprint density at radius 3 is 2.67 bits per heavy atom. The van der Waals surface area contributed by atoms with E-state index in [4.69, 9.17) is 4.74 Å². The third-order valence-corrected chi connectivity index (χ3v) is 3.77. The monoisotopic (exact) mass is 345 g/mol. The van der Waals surface area contributed by atoms with E-state index in [1.54, 1.807) is 0 Å². The zero-order valence-corrected chi connectivity index (χ0v) is 13.1. The minimum Gasteiger partial charge on any atom is -0.467 e. The van der Waals surface area contributed by atoms with Crippen molar-refractivity contribution in [1.82, 2.24) is 5.32 Å². The first kappa shape index (κ1) is 18.3. The molecule has 2 atom stereocenters. The van der Waals surface area contributed by atoms with Gasteiger partial charge in [0.25, 0.3) is 0 Å². The lowest BCUT2D eigenvalue weighted by Gasteiger charge is -2.20. The van der Waals surface area contributed by atoms with E-state index in [9.17, 15) is 22.8 Å². The molecule has 2 rings (SSSR count). The van der Waals surface area contributed by atoms with Gasteiger partial charge in [-0.25, -0.2) is 4.79 Å². The van der Waals surface area contributed by atoms with Crippen LogP contribution in [-0.2, 0) is 31.7 Å². The number of ether oxygens (including phenoxy) is 2. The summed E-state index contributed by atoms with van der Waals surface area (Å²) in [5, 5.41) is 2.43. The van der Waals surface area contributed by atoms with Crippen LogP contribution in [0, 0.1) is 0 Å². The van der Waals surface area contributed by atoms with Gasteiger partial charge in [-0.1, -0.05) is 18.2 Å². The van der Waals surface area contributed by atoms with Gasteiger partial charge in [0.05, 0.1) is 12.7 Å². The zero-order chi connectivity index (χ0) is 17.7. The van der Waals surface area contributed by atoms with E-state index in [1.165, 1.54) is 18.2 Å². The minimum absolute atomic E-state index is 0.0898. The number of alkyl halides is 3. The van der Waals surface area contributed by atoms with Gasteiger partial charge in [0, 0.05) is 13.0 Å². The molecule has 1 aromatic rings. The molecule has 24 heavy (non-hydrogen) atoms. The highest BCUT2D eigenvalue weighted by Gasteiger charge is 2.35. The Bertz CT molecular complexity index is 597. The van der Waals surface area contributed by atoms with E-state index >= 15 is 0 Å². The molecule has 1 amide bonds. The van der Waals surface area contributed by atoms with Crippen LogP contribution in [0.2, 0.25) is 0 Å². The number of halogens is 3. The van der Waals surface area contributed by atoms with E-state index in [2.05, 4.69) is 10.1 Å². The summed E-state index contributed by atoms with van der Waals surface area (Å²) < 4.78 is 49.0. The average Bonchev–Trinajstić information content (AvgIpc) is 3.07. The SMILES string of the molecule is COC(=O)[C@H](Cc1ccccc1C(F)(F)F)NC(=O)[C@@H]1CCCO1. The van der Waals surface area contributed by atoms with E-state index in [0.29, 0.717) is 13.0 Å². The van der Waals surface area contributed by atoms with Crippen LogP contribution in [0.1, 0.15) is 24.0 Å². The van der Waals surface area contributed by atoms with Crippen LogP contribution in [0.3, 0.4) is 0 Å². The molecule has 132 valence electrons. The molecule has 0 unspecified atom stereocenters. The van der Waals surface area contributed by atoms with Crippen molar-refractivity contribution in [3.63, 3.8) is 0 Å². The molecule has 1 aliphatic rings. The number of hydrogen-bond donors (Lipinski definition) is 1. The number of esters is 1. The first-order chi connectivity index (χ1) is 11.3. The number of nitrogens with one attached hydrogen (secondary N) is 1. The minimum atomic E-state index is -4.55. The molecule has 0 bridgehead atoms. The largest absolute Gasteiger partial charge is 0.467 e. The third-order valence-electron chi connectivity index (χ3n) is 3.77. The Morgan fingerprint density at radius 1 is 1.38 bits per heavy atom. The highest BCUT2D eigenvalue weighted by Crippen LogP contribution is 2.32. The number of carbonyl (C=O) groups excluding carboxylic acids is 2. The Labute approximate surface area is 137 Å². The van der Waals surface area contributed by atoms with E-state index in [0.717, 1.165) is 19.6 Å². The summed E-state index contributed by atoms with van der Waals surface area (Å²) in [6.07, 6.45) is -4.32. The van der Waals surface area contributed by atoms with Crippen LogP contribution < -0.4 is 5.32 Å². The molecule has 0 spiro atoms. The zero-order valence-electron chi connectivity index (χ0n) is 13.1. The molecule has 8 heteroatoms. The van der Waals surface area contributed by atoms with Gasteiger partial charge >= 0.3 is 12.1 Å². The Hall–Kier alpha value is -2.09. The fourth-order valence-corrected chi connectivity index (χ4v) is 2.58. The maximum atomic E-state index is 13.1. The molecule has 1 heterocycles. The molecular formula is C16H18F3NO4. The van der Waals surface area contributed by atoms with Crippen molar-refractivity contribution in [2.45, 2.75) is 37.6 Å². The van der Waals surface area contributed by atoms with Gasteiger partial charge in [0.2, 0.25) is 5.91 Å². The van der Waals surface area contributed by atoms with Crippen LogP contribution in [-0.4, -0.2) is 37.7 Å². The lowest BCUT2D eigenvalue weighted by atomic mass is 9.99. The second-order valence-corrected chi connectivity index (χ2v) is 5.45. The maximum Gasteiger partial charge on any atom is 0.416 e. The van der Waals surface area contributed by atoms with Gasteiger partial charge in [-0.05, 0) is 24.5 Å². The first-order valence-electron chi connectivity index (χ1n) is 7.48. The number of methoxy groups -OCH3 is 1. The summed E-state index contributed by atoms with van der Waals surface area (Å²) in [5.41, 5.74) is -0.932. The lowest BCUT2D eigenvalue weighted by molar-refractivity contribution is -0.147. The number of rotatable bonds is 5. The summed E-state index contributed by atoms with van der Waals surface area (Å²) in [5.74, 6) is -1.33. The van der Waals surface area contributed by atoms with Gasteiger partial charge in [0.15, 0.2) is 0 Å². The highest BCUT2D eigenvalue weighted by molar-refractivity contribution is 5.87. The number of hydrogen-bond acceptors (Lipinski definition) is 4. The van der Waals surface area contributed by atoms with Gasteiger partial charge in [0.1, 0.15) is 12.1 Å². The maximum absolute atomic E-state index is 13.1. The van der Waals surface area contributed by atoms with Crippen LogP contribution in [0.15, 0.2) is 24.3 Å². The second kappa shape index (κ2) is 7.65.